The average molecular weight is 398 g/mol. The lowest BCUT2D eigenvalue weighted by Crippen LogP contribution is -2.32. The summed E-state index contributed by atoms with van der Waals surface area (Å²) in [5.74, 6) is 2.25. The molecule has 1 aliphatic heterocycles. The molecule has 1 aromatic carbocycles. The first-order valence-corrected chi connectivity index (χ1v) is 9.91. The van der Waals surface area contributed by atoms with Crippen LogP contribution in [0.4, 0.5) is 5.82 Å². The van der Waals surface area contributed by atoms with Crippen molar-refractivity contribution in [2.75, 3.05) is 19.2 Å². The van der Waals surface area contributed by atoms with Gasteiger partial charge in [0, 0.05) is 19.6 Å². The molecule has 1 amide bonds. The van der Waals surface area contributed by atoms with Gasteiger partial charge in [0.15, 0.2) is 11.5 Å². The summed E-state index contributed by atoms with van der Waals surface area (Å²) in [6.45, 7) is 6.79. The van der Waals surface area contributed by atoms with E-state index >= 15 is 0 Å². The van der Waals surface area contributed by atoms with Crippen LogP contribution in [0.3, 0.4) is 0 Å². The molecule has 28 heavy (non-hydrogen) atoms. The number of thiophene rings is 1. The lowest BCUT2D eigenvalue weighted by molar-refractivity contribution is 0.0759. The summed E-state index contributed by atoms with van der Waals surface area (Å²) in [7, 11) is 1.82. The van der Waals surface area contributed by atoms with Gasteiger partial charge >= 0.3 is 0 Å². The quantitative estimate of drug-likeness (QED) is 0.704. The number of aryl methyl sites for hydroxylation is 1. The average Bonchev–Trinajstić information content (AvgIpc) is 3.29. The molecule has 0 fully saturated rings. The Morgan fingerprint density at radius 3 is 2.86 bits per heavy atom. The SMILES string of the molecule is Cc1c(C(=O)N(C)C(C)C)sc2ncnc(NCc3ccc4c(c3)OCO4)c12. The monoisotopic (exact) mass is 398 g/mol. The number of aromatic nitrogens is 2. The fourth-order valence-corrected chi connectivity index (χ4v) is 4.17. The fourth-order valence-electron chi connectivity index (χ4n) is 3.04. The summed E-state index contributed by atoms with van der Waals surface area (Å²) in [5, 5.41) is 4.27. The molecule has 3 aromatic rings. The summed E-state index contributed by atoms with van der Waals surface area (Å²) in [6, 6.07) is 5.99. The minimum absolute atomic E-state index is 0.0113. The molecule has 0 bridgehead atoms. The van der Waals surface area contributed by atoms with Crippen LogP contribution < -0.4 is 14.8 Å². The van der Waals surface area contributed by atoms with Gasteiger partial charge in [-0.15, -0.1) is 11.3 Å². The molecule has 1 N–H and O–H groups in total. The summed E-state index contributed by atoms with van der Waals surface area (Å²) in [5.41, 5.74) is 1.96. The smallest absolute Gasteiger partial charge is 0.264 e. The van der Waals surface area contributed by atoms with Gasteiger partial charge in [-0.3, -0.25) is 4.79 Å². The number of ether oxygens (including phenoxy) is 2. The van der Waals surface area contributed by atoms with Gasteiger partial charge in [-0.25, -0.2) is 9.97 Å². The Bertz CT molecular complexity index is 1050. The van der Waals surface area contributed by atoms with Crippen molar-refractivity contribution in [3.8, 4) is 11.5 Å². The Labute approximate surface area is 167 Å². The number of amides is 1. The topological polar surface area (TPSA) is 76.6 Å². The van der Waals surface area contributed by atoms with Crippen LogP contribution >= 0.6 is 11.3 Å². The van der Waals surface area contributed by atoms with E-state index in [0.717, 1.165) is 38.7 Å². The zero-order valence-electron chi connectivity index (χ0n) is 16.3. The van der Waals surface area contributed by atoms with E-state index in [9.17, 15) is 4.79 Å². The van der Waals surface area contributed by atoms with Crippen molar-refractivity contribution < 1.29 is 14.3 Å². The molecule has 0 saturated carbocycles. The molecule has 3 heterocycles. The highest BCUT2D eigenvalue weighted by Crippen LogP contribution is 2.35. The van der Waals surface area contributed by atoms with Gasteiger partial charge in [0.2, 0.25) is 6.79 Å². The number of carbonyl (C=O) groups excluding carboxylic acids is 1. The zero-order chi connectivity index (χ0) is 19.8. The highest BCUT2D eigenvalue weighted by molar-refractivity contribution is 7.20. The molecule has 1 aliphatic rings. The summed E-state index contributed by atoms with van der Waals surface area (Å²) in [4.78, 5) is 24.9. The largest absolute Gasteiger partial charge is 0.454 e. The molecular weight excluding hydrogens is 376 g/mol. The maximum Gasteiger partial charge on any atom is 0.264 e. The molecule has 0 aliphatic carbocycles. The van der Waals surface area contributed by atoms with E-state index in [1.54, 1.807) is 4.90 Å². The Morgan fingerprint density at radius 2 is 2.07 bits per heavy atom. The fraction of sp³-hybridized carbons (Fsp3) is 0.350. The third kappa shape index (κ3) is 3.24. The number of carbonyl (C=O) groups is 1. The molecule has 8 heteroatoms. The first-order valence-electron chi connectivity index (χ1n) is 9.09. The second-order valence-electron chi connectivity index (χ2n) is 7.01. The number of nitrogens with one attached hydrogen (secondary N) is 1. The normalized spacial score (nSPS) is 12.6. The maximum atomic E-state index is 12.8. The molecule has 0 radical (unpaired) electrons. The molecule has 0 unspecified atom stereocenters. The van der Waals surface area contributed by atoms with E-state index < -0.39 is 0 Å². The first-order chi connectivity index (χ1) is 13.5. The van der Waals surface area contributed by atoms with Crippen LogP contribution in [0.2, 0.25) is 0 Å². The minimum atomic E-state index is 0.0113. The third-order valence-electron chi connectivity index (χ3n) is 4.91. The van der Waals surface area contributed by atoms with E-state index in [1.807, 2.05) is 46.0 Å². The van der Waals surface area contributed by atoms with Gasteiger partial charge in [-0.05, 0) is 44.0 Å². The number of benzene rings is 1. The Balaban J connectivity index is 1.62. The van der Waals surface area contributed by atoms with Crippen LogP contribution in [0.5, 0.6) is 11.5 Å². The van der Waals surface area contributed by atoms with Crippen molar-refractivity contribution in [1.82, 2.24) is 14.9 Å². The number of nitrogens with zero attached hydrogens (tertiary/aromatic N) is 3. The van der Waals surface area contributed by atoms with Crippen molar-refractivity contribution >= 4 is 33.3 Å². The van der Waals surface area contributed by atoms with Crippen molar-refractivity contribution in [2.24, 2.45) is 0 Å². The predicted molar refractivity (Wildman–Crippen MR) is 109 cm³/mol. The van der Waals surface area contributed by atoms with Gasteiger partial charge in [-0.2, -0.15) is 0 Å². The highest BCUT2D eigenvalue weighted by Gasteiger charge is 2.23. The molecular formula is C20H22N4O3S. The number of hydrogen-bond acceptors (Lipinski definition) is 7. The van der Waals surface area contributed by atoms with E-state index in [-0.39, 0.29) is 18.7 Å². The van der Waals surface area contributed by atoms with E-state index in [1.165, 1.54) is 17.7 Å². The molecule has 0 atom stereocenters. The van der Waals surface area contributed by atoms with Gasteiger partial charge in [-0.1, -0.05) is 6.07 Å². The molecule has 7 nitrogen and oxygen atoms in total. The Hall–Kier alpha value is -2.87. The summed E-state index contributed by atoms with van der Waals surface area (Å²) in [6.07, 6.45) is 1.53. The molecule has 146 valence electrons. The van der Waals surface area contributed by atoms with Crippen molar-refractivity contribution in [3.05, 3.63) is 40.5 Å². The Kier molecular flexibility index (Phi) is 4.80. The minimum Gasteiger partial charge on any atom is -0.454 e. The second-order valence-corrected chi connectivity index (χ2v) is 8.01. The first kappa shape index (κ1) is 18.5. The van der Waals surface area contributed by atoms with E-state index in [4.69, 9.17) is 9.47 Å². The van der Waals surface area contributed by atoms with Crippen LogP contribution in [-0.2, 0) is 6.54 Å². The number of hydrogen-bond donors (Lipinski definition) is 1. The highest BCUT2D eigenvalue weighted by atomic mass is 32.1. The molecule has 0 saturated heterocycles. The van der Waals surface area contributed by atoms with Gasteiger partial charge < -0.3 is 19.7 Å². The molecule has 4 rings (SSSR count). The van der Waals surface area contributed by atoms with Crippen LogP contribution in [0.25, 0.3) is 10.2 Å². The number of fused-ring (bicyclic) bond motifs is 2. The van der Waals surface area contributed by atoms with Crippen LogP contribution in [0.15, 0.2) is 24.5 Å². The van der Waals surface area contributed by atoms with Crippen LogP contribution in [-0.4, -0.2) is 40.7 Å². The van der Waals surface area contributed by atoms with Gasteiger partial charge in [0.1, 0.15) is 17.0 Å². The molecule has 0 spiro atoms. The predicted octanol–water partition coefficient (Wildman–Crippen LogP) is 3.82. The lowest BCUT2D eigenvalue weighted by Gasteiger charge is -2.20. The second kappa shape index (κ2) is 7.27. The van der Waals surface area contributed by atoms with E-state index in [0.29, 0.717) is 11.4 Å². The molecule has 2 aromatic heterocycles. The van der Waals surface area contributed by atoms with Gasteiger partial charge in [0.25, 0.3) is 5.91 Å². The Morgan fingerprint density at radius 1 is 1.29 bits per heavy atom. The van der Waals surface area contributed by atoms with Crippen molar-refractivity contribution in [1.29, 1.82) is 0 Å². The maximum absolute atomic E-state index is 12.8. The van der Waals surface area contributed by atoms with Crippen LogP contribution in [0.1, 0.15) is 34.6 Å². The van der Waals surface area contributed by atoms with Crippen molar-refractivity contribution in [2.45, 2.75) is 33.4 Å². The van der Waals surface area contributed by atoms with Gasteiger partial charge in [0.05, 0.1) is 10.3 Å². The standard InChI is InChI=1S/C20H22N4O3S/c1-11(2)24(4)20(25)17-12(3)16-18(22-9-23-19(16)28-17)21-8-13-5-6-14-15(7-13)27-10-26-14/h5-7,9,11H,8,10H2,1-4H3,(H,21,22,23). The number of rotatable bonds is 5. The number of anilines is 1. The van der Waals surface area contributed by atoms with E-state index in [2.05, 4.69) is 15.3 Å². The lowest BCUT2D eigenvalue weighted by atomic mass is 10.1. The summed E-state index contributed by atoms with van der Waals surface area (Å²) >= 11 is 1.41. The van der Waals surface area contributed by atoms with Crippen molar-refractivity contribution in [3.63, 3.8) is 0 Å². The van der Waals surface area contributed by atoms with Crippen LogP contribution in [0, 0.1) is 6.92 Å². The summed E-state index contributed by atoms with van der Waals surface area (Å²) < 4.78 is 10.8. The zero-order valence-corrected chi connectivity index (χ0v) is 17.1. The third-order valence-corrected chi connectivity index (χ3v) is 6.10.